The molecule has 3 aromatic rings. The van der Waals surface area contributed by atoms with Crippen LogP contribution >= 0.6 is 0 Å². The van der Waals surface area contributed by atoms with Gasteiger partial charge in [-0.1, -0.05) is 20.8 Å². The van der Waals surface area contributed by atoms with Gasteiger partial charge in [-0.15, -0.1) is 0 Å². The highest BCUT2D eigenvalue weighted by molar-refractivity contribution is 6.31. The van der Waals surface area contributed by atoms with E-state index in [9.17, 15) is 14.9 Å². The Morgan fingerprint density at radius 2 is 1.95 bits per heavy atom. The van der Waals surface area contributed by atoms with Crippen LogP contribution in [0.25, 0.3) is 11.1 Å². The Morgan fingerprint density at radius 1 is 1.17 bits per heavy atom. The van der Waals surface area contributed by atoms with Gasteiger partial charge in [0, 0.05) is 28.4 Å². The number of halogens is 1. The first-order valence-electron chi connectivity index (χ1n) is 13.2. The molecule has 0 spiro atoms. The average Bonchev–Trinajstić information content (AvgIpc) is 3.52. The standard InChI is InChI=1S/C27H32FN5O7Si/c1-26(2,3)41-40-27(4,5)21-13-32(25(34)39-21)17-7-8-19(20(28)10-17)16-6-9-23(29-11-16)38-18-12-31-14-22(33(35)36)30-24(31)37-15-18/h6-11,14,18,21H,12-13,15,41H2,1-5H3/t18-,21+/m0/s1. The molecule has 1 fully saturated rings. The number of hydrogen-bond donors (Lipinski definition) is 0. The lowest BCUT2D eigenvalue weighted by Crippen LogP contribution is -2.43. The number of benzene rings is 1. The number of aromatic nitrogens is 3. The highest BCUT2D eigenvalue weighted by Gasteiger charge is 2.43. The van der Waals surface area contributed by atoms with E-state index < -0.39 is 44.4 Å². The Labute approximate surface area is 238 Å². The first kappa shape index (κ1) is 28.5. The molecule has 12 nitrogen and oxygen atoms in total. The molecule has 0 N–H and O–H groups in total. The third kappa shape index (κ3) is 6.33. The average molecular weight is 586 g/mol. The summed E-state index contributed by atoms with van der Waals surface area (Å²) >= 11 is 0. The van der Waals surface area contributed by atoms with Crippen LogP contribution in [0.15, 0.2) is 42.7 Å². The molecule has 4 heterocycles. The Hall–Kier alpha value is -4.04. The summed E-state index contributed by atoms with van der Waals surface area (Å²) in [4.78, 5) is 32.5. The van der Waals surface area contributed by atoms with Gasteiger partial charge in [-0.2, -0.15) is 0 Å². The van der Waals surface area contributed by atoms with Gasteiger partial charge in [0.1, 0.15) is 24.7 Å². The molecule has 1 amide bonds. The molecule has 2 aromatic heterocycles. The molecule has 14 heteroatoms. The molecule has 0 bridgehead atoms. The van der Waals surface area contributed by atoms with Crippen molar-refractivity contribution >= 4 is 27.4 Å². The number of imidazole rings is 1. The van der Waals surface area contributed by atoms with Gasteiger partial charge in [0.05, 0.1) is 24.4 Å². The van der Waals surface area contributed by atoms with Crippen LogP contribution in [-0.2, 0) is 15.7 Å². The predicted molar refractivity (Wildman–Crippen MR) is 149 cm³/mol. The Morgan fingerprint density at radius 3 is 2.61 bits per heavy atom. The molecule has 5 rings (SSSR count). The predicted octanol–water partition coefficient (Wildman–Crippen LogP) is 4.26. The third-order valence-electron chi connectivity index (χ3n) is 6.78. The lowest BCUT2D eigenvalue weighted by atomic mass is 10.0. The number of ether oxygens (including phenoxy) is 3. The van der Waals surface area contributed by atoms with Crippen LogP contribution in [-0.4, -0.2) is 66.3 Å². The van der Waals surface area contributed by atoms with Gasteiger partial charge in [0.2, 0.25) is 5.88 Å². The topological polar surface area (TPSA) is 131 Å². The van der Waals surface area contributed by atoms with Crippen molar-refractivity contribution in [3.05, 3.63) is 58.7 Å². The summed E-state index contributed by atoms with van der Waals surface area (Å²) in [7, 11) is -0.868. The quantitative estimate of drug-likeness (QED) is 0.216. The summed E-state index contributed by atoms with van der Waals surface area (Å²) in [5.41, 5.74) is 0.582. The first-order chi connectivity index (χ1) is 19.3. The monoisotopic (exact) mass is 585 g/mol. The number of cyclic esters (lactones) is 1. The van der Waals surface area contributed by atoms with Crippen LogP contribution in [0.1, 0.15) is 34.6 Å². The molecule has 0 aliphatic carbocycles. The van der Waals surface area contributed by atoms with Gasteiger partial charge < -0.3 is 28.8 Å². The second-order valence-corrected chi connectivity index (χ2v) is 14.5. The molecule has 2 aliphatic rings. The van der Waals surface area contributed by atoms with Crippen molar-refractivity contribution in [1.82, 2.24) is 14.5 Å². The number of anilines is 1. The van der Waals surface area contributed by atoms with Crippen LogP contribution in [0.3, 0.4) is 0 Å². The molecular weight excluding hydrogens is 553 g/mol. The van der Waals surface area contributed by atoms with Crippen molar-refractivity contribution in [2.24, 2.45) is 0 Å². The summed E-state index contributed by atoms with van der Waals surface area (Å²) in [6.07, 6.45) is 1.32. The smallest absolute Gasteiger partial charge is 0.414 e. The van der Waals surface area contributed by atoms with Crippen LogP contribution < -0.4 is 14.4 Å². The van der Waals surface area contributed by atoms with Gasteiger partial charge in [-0.05, 0) is 48.1 Å². The number of fused-ring (bicyclic) bond motifs is 1. The zero-order valence-electron chi connectivity index (χ0n) is 23.5. The largest absolute Gasteiger partial charge is 0.469 e. The van der Waals surface area contributed by atoms with Crippen molar-refractivity contribution < 1.29 is 32.7 Å². The van der Waals surface area contributed by atoms with Crippen LogP contribution in [0.2, 0.25) is 5.04 Å². The van der Waals surface area contributed by atoms with Crippen molar-refractivity contribution in [3.8, 4) is 23.0 Å². The van der Waals surface area contributed by atoms with Crippen molar-refractivity contribution in [2.45, 2.75) is 64.0 Å². The van der Waals surface area contributed by atoms with E-state index in [1.165, 1.54) is 27.9 Å². The zero-order chi connectivity index (χ0) is 29.5. The first-order valence-corrected chi connectivity index (χ1v) is 14.5. The van der Waals surface area contributed by atoms with E-state index in [-0.39, 0.29) is 30.0 Å². The second kappa shape index (κ2) is 10.7. The van der Waals surface area contributed by atoms with Crippen LogP contribution in [0.4, 0.5) is 20.7 Å². The summed E-state index contributed by atoms with van der Waals surface area (Å²) in [6.45, 7) is 10.9. The minimum absolute atomic E-state index is 0.0951. The molecule has 1 saturated heterocycles. The molecule has 0 saturated carbocycles. The third-order valence-corrected chi connectivity index (χ3v) is 8.53. The maximum Gasteiger partial charge on any atom is 0.414 e. The van der Waals surface area contributed by atoms with E-state index >= 15 is 4.39 Å². The lowest BCUT2D eigenvalue weighted by molar-refractivity contribution is -0.389. The number of hydrogen-bond acceptors (Lipinski definition) is 9. The molecule has 1 aromatic carbocycles. The van der Waals surface area contributed by atoms with Gasteiger partial charge in [0.25, 0.3) is 0 Å². The van der Waals surface area contributed by atoms with Crippen LogP contribution in [0, 0.1) is 15.9 Å². The van der Waals surface area contributed by atoms with Gasteiger partial charge in [-0.25, -0.2) is 14.2 Å². The minimum atomic E-state index is -0.868. The summed E-state index contributed by atoms with van der Waals surface area (Å²) in [5, 5.41) is 11.0. The maximum absolute atomic E-state index is 15.2. The molecular formula is C27H32FN5O7Si. The highest BCUT2D eigenvalue weighted by Crippen LogP contribution is 2.33. The normalized spacial score (nSPS) is 19.3. The fraction of sp³-hybridized carbons (Fsp3) is 0.444. The number of carbonyl (C=O) groups is 1. The van der Waals surface area contributed by atoms with Crippen molar-refractivity contribution in [3.63, 3.8) is 0 Å². The Balaban J connectivity index is 1.22. The molecule has 2 aliphatic heterocycles. The molecule has 0 unspecified atom stereocenters. The Bertz CT molecular complexity index is 1460. The number of carbonyl (C=O) groups excluding carboxylic acids is 1. The number of nitrogens with zero attached hydrogens (tertiary/aromatic N) is 5. The summed E-state index contributed by atoms with van der Waals surface area (Å²) in [6, 6.07) is 8.03. The molecule has 218 valence electrons. The zero-order valence-corrected chi connectivity index (χ0v) is 24.9. The number of nitro groups is 1. The Kier molecular flexibility index (Phi) is 7.46. The van der Waals surface area contributed by atoms with E-state index in [2.05, 4.69) is 30.7 Å². The van der Waals surface area contributed by atoms with E-state index in [0.29, 0.717) is 29.2 Å². The van der Waals surface area contributed by atoms with E-state index in [1.807, 2.05) is 13.8 Å². The molecule has 2 atom stereocenters. The van der Waals surface area contributed by atoms with Crippen molar-refractivity contribution in [2.75, 3.05) is 18.1 Å². The van der Waals surface area contributed by atoms with E-state index in [0.717, 1.165) is 0 Å². The summed E-state index contributed by atoms with van der Waals surface area (Å²) < 4.78 is 39.9. The fourth-order valence-corrected chi connectivity index (χ4v) is 5.44. The van der Waals surface area contributed by atoms with Gasteiger partial charge in [-0.3, -0.25) is 9.47 Å². The maximum atomic E-state index is 15.2. The van der Waals surface area contributed by atoms with Gasteiger partial charge >= 0.3 is 17.9 Å². The molecule has 41 heavy (non-hydrogen) atoms. The second-order valence-electron chi connectivity index (χ2n) is 11.8. The minimum Gasteiger partial charge on any atom is -0.469 e. The number of amides is 1. The van der Waals surface area contributed by atoms with Gasteiger partial charge in [0.15, 0.2) is 15.9 Å². The number of pyridine rings is 1. The van der Waals surface area contributed by atoms with Crippen LogP contribution in [0.5, 0.6) is 11.9 Å². The molecule has 0 radical (unpaired) electrons. The van der Waals surface area contributed by atoms with E-state index in [1.54, 1.807) is 24.3 Å². The fourth-order valence-electron chi connectivity index (χ4n) is 4.45. The van der Waals surface area contributed by atoms with E-state index in [4.69, 9.17) is 18.6 Å². The summed E-state index contributed by atoms with van der Waals surface area (Å²) in [5.74, 6) is -0.518. The highest BCUT2D eigenvalue weighted by atomic mass is 28.2. The lowest BCUT2D eigenvalue weighted by Gasteiger charge is -2.33. The SMILES string of the molecule is CC(C)(C)[SiH2]OC(C)(C)[C@H]1CN(c2ccc(-c3ccc(O[C@@H]4COc5nc([N+](=O)[O-])cn5C4)nc3)c(F)c2)C(=O)O1. The number of rotatable bonds is 8. The van der Waals surface area contributed by atoms with Crippen molar-refractivity contribution in [1.29, 1.82) is 0 Å².